The van der Waals surface area contributed by atoms with Crippen molar-refractivity contribution in [3.63, 3.8) is 0 Å². The van der Waals surface area contributed by atoms with Crippen molar-refractivity contribution in [3.05, 3.63) is 0 Å². The molecule has 1 atom stereocenters. The predicted molar refractivity (Wildman–Crippen MR) is 62.4 cm³/mol. The third-order valence-electron chi connectivity index (χ3n) is 2.47. The maximum atomic E-state index is 11.8. The molecule has 0 aromatic rings. The van der Waals surface area contributed by atoms with E-state index in [1.54, 1.807) is 0 Å². The molecule has 9 heteroatoms. The molecule has 0 aromatic heterocycles. The molecule has 3 amide bonds. The molecular weight excluding hydrogens is 258 g/mol. The molecule has 1 rings (SSSR count). The van der Waals surface area contributed by atoms with Gasteiger partial charge in [-0.25, -0.2) is 9.59 Å². The van der Waals surface area contributed by atoms with Crippen LogP contribution in [0, 0.1) is 0 Å². The Morgan fingerprint density at radius 2 is 2.21 bits per heavy atom. The van der Waals surface area contributed by atoms with Crippen molar-refractivity contribution in [2.75, 3.05) is 39.5 Å². The SMILES string of the molecule is NC(=O)C1COCCN1C(=O)NCCOCC(=O)O. The van der Waals surface area contributed by atoms with Gasteiger partial charge in [0.25, 0.3) is 0 Å². The summed E-state index contributed by atoms with van der Waals surface area (Å²) in [4.78, 5) is 34.4. The average molecular weight is 275 g/mol. The minimum atomic E-state index is -1.08. The molecule has 4 N–H and O–H groups in total. The van der Waals surface area contributed by atoms with Gasteiger partial charge in [-0.3, -0.25) is 4.79 Å². The molecule has 0 saturated carbocycles. The normalized spacial score (nSPS) is 18.9. The highest BCUT2D eigenvalue weighted by atomic mass is 16.5. The summed E-state index contributed by atoms with van der Waals surface area (Å²) in [5.74, 6) is -1.70. The molecule has 19 heavy (non-hydrogen) atoms. The van der Waals surface area contributed by atoms with E-state index in [0.29, 0.717) is 6.61 Å². The summed E-state index contributed by atoms with van der Waals surface area (Å²) < 4.78 is 9.84. The predicted octanol–water partition coefficient (Wildman–Crippen LogP) is -2.02. The first kappa shape index (κ1) is 15.2. The van der Waals surface area contributed by atoms with E-state index in [-0.39, 0.29) is 26.3 Å². The van der Waals surface area contributed by atoms with Gasteiger partial charge in [0.05, 0.1) is 19.8 Å². The molecule has 0 bridgehead atoms. The van der Waals surface area contributed by atoms with Crippen LogP contribution >= 0.6 is 0 Å². The summed E-state index contributed by atoms with van der Waals surface area (Å²) in [5, 5.41) is 10.9. The summed E-state index contributed by atoms with van der Waals surface area (Å²) >= 11 is 0. The first-order chi connectivity index (χ1) is 9.02. The Bertz CT molecular complexity index is 348. The fourth-order valence-corrected chi connectivity index (χ4v) is 1.57. The smallest absolute Gasteiger partial charge is 0.329 e. The molecule has 0 aliphatic carbocycles. The van der Waals surface area contributed by atoms with Gasteiger partial charge in [0.15, 0.2) is 0 Å². The minimum Gasteiger partial charge on any atom is -0.480 e. The van der Waals surface area contributed by atoms with Crippen molar-refractivity contribution in [1.82, 2.24) is 10.2 Å². The molecule has 1 fully saturated rings. The lowest BCUT2D eigenvalue weighted by atomic mass is 10.2. The zero-order valence-electron chi connectivity index (χ0n) is 10.3. The highest BCUT2D eigenvalue weighted by Crippen LogP contribution is 2.06. The standard InChI is InChI=1S/C10H17N3O6/c11-9(16)7-5-19-4-2-13(7)10(17)12-1-3-18-6-8(14)15/h7H,1-6H2,(H2,11,16)(H,12,17)(H,14,15). The van der Waals surface area contributed by atoms with E-state index in [1.165, 1.54) is 4.90 Å². The van der Waals surface area contributed by atoms with Crippen molar-refractivity contribution in [2.45, 2.75) is 6.04 Å². The lowest BCUT2D eigenvalue weighted by Gasteiger charge is -2.33. The number of aliphatic carboxylic acids is 1. The van der Waals surface area contributed by atoms with E-state index >= 15 is 0 Å². The summed E-state index contributed by atoms with van der Waals surface area (Å²) in [6.45, 7) is 0.496. The number of carboxylic acids is 1. The lowest BCUT2D eigenvalue weighted by molar-refractivity contribution is -0.142. The van der Waals surface area contributed by atoms with Crippen molar-refractivity contribution in [1.29, 1.82) is 0 Å². The molecule has 1 aliphatic rings. The minimum absolute atomic E-state index is 0.0730. The number of hydrogen-bond acceptors (Lipinski definition) is 5. The Labute approximate surface area is 109 Å². The number of nitrogens with two attached hydrogens (primary N) is 1. The number of nitrogens with zero attached hydrogens (tertiary/aromatic N) is 1. The Balaban J connectivity index is 2.30. The number of ether oxygens (including phenoxy) is 2. The molecule has 9 nitrogen and oxygen atoms in total. The topological polar surface area (TPSA) is 131 Å². The molecular formula is C10H17N3O6. The first-order valence-electron chi connectivity index (χ1n) is 5.73. The lowest BCUT2D eigenvalue weighted by Crippen LogP contribution is -2.57. The first-order valence-corrected chi connectivity index (χ1v) is 5.73. The zero-order valence-corrected chi connectivity index (χ0v) is 10.3. The van der Waals surface area contributed by atoms with E-state index in [1.807, 2.05) is 0 Å². The van der Waals surface area contributed by atoms with Crippen LogP contribution in [0.15, 0.2) is 0 Å². The van der Waals surface area contributed by atoms with E-state index in [9.17, 15) is 14.4 Å². The Hall–Kier alpha value is -1.87. The van der Waals surface area contributed by atoms with Crippen molar-refractivity contribution >= 4 is 17.9 Å². The van der Waals surface area contributed by atoms with Crippen LogP contribution in [0.5, 0.6) is 0 Å². The van der Waals surface area contributed by atoms with Gasteiger partial charge in [-0.15, -0.1) is 0 Å². The van der Waals surface area contributed by atoms with Crippen LogP contribution in [-0.4, -0.2) is 73.5 Å². The van der Waals surface area contributed by atoms with Crippen molar-refractivity contribution < 1.29 is 29.0 Å². The summed E-state index contributed by atoms with van der Waals surface area (Å²) in [6.07, 6.45) is 0. The third kappa shape index (κ3) is 5.10. The zero-order chi connectivity index (χ0) is 14.3. The second-order valence-corrected chi connectivity index (χ2v) is 3.86. The fraction of sp³-hybridized carbons (Fsp3) is 0.700. The maximum absolute atomic E-state index is 11.8. The third-order valence-corrected chi connectivity index (χ3v) is 2.47. The number of morpholine rings is 1. The van der Waals surface area contributed by atoms with Crippen molar-refractivity contribution in [2.24, 2.45) is 5.73 Å². The van der Waals surface area contributed by atoms with Crippen LogP contribution in [-0.2, 0) is 19.1 Å². The summed E-state index contributed by atoms with van der Waals surface area (Å²) in [7, 11) is 0. The van der Waals surface area contributed by atoms with Gasteiger partial charge in [0, 0.05) is 13.1 Å². The highest BCUT2D eigenvalue weighted by Gasteiger charge is 2.31. The van der Waals surface area contributed by atoms with Gasteiger partial charge in [-0.05, 0) is 0 Å². The molecule has 108 valence electrons. The summed E-state index contributed by atoms with van der Waals surface area (Å²) in [5.41, 5.74) is 5.17. The number of nitrogens with one attached hydrogen (secondary N) is 1. The second kappa shape index (κ2) is 7.54. The van der Waals surface area contributed by atoms with Gasteiger partial charge in [-0.1, -0.05) is 0 Å². The Morgan fingerprint density at radius 3 is 2.84 bits per heavy atom. The number of primary amides is 1. The van der Waals surface area contributed by atoms with E-state index in [4.69, 9.17) is 20.3 Å². The van der Waals surface area contributed by atoms with Crippen molar-refractivity contribution in [3.8, 4) is 0 Å². The molecule has 1 aliphatic heterocycles. The van der Waals surface area contributed by atoms with Gasteiger partial charge in [-0.2, -0.15) is 0 Å². The monoisotopic (exact) mass is 275 g/mol. The largest absolute Gasteiger partial charge is 0.480 e. The Morgan fingerprint density at radius 1 is 1.47 bits per heavy atom. The number of hydrogen-bond donors (Lipinski definition) is 3. The van der Waals surface area contributed by atoms with Gasteiger partial charge in [0.1, 0.15) is 12.6 Å². The average Bonchev–Trinajstić information content (AvgIpc) is 2.37. The van der Waals surface area contributed by atoms with E-state index in [2.05, 4.69) is 5.32 Å². The van der Waals surface area contributed by atoms with Gasteiger partial charge >= 0.3 is 12.0 Å². The van der Waals surface area contributed by atoms with Crippen LogP contribution in [0.3, 0.4) is 0 Å². The molecule has 0 spiro atoms. The Kier molecular flexibility index (Phi) is 6.03. The van der Waals surface area contributed by atoms with Crippen LogP contribution in [0.1, 0.15) is 0 Å². The van der Waals surface area contributed by atoms with Crippen LogP contribution in [0.25, 0.3) is 0 Å². The number of amides is 3. The van der Waals surface area contributed by atoms with E-state index < -0.39 is 30.6 Å². The molecule has 1 heterocycles. The molecule has 0 radical (unpaired) electrons. The maximum Gasteiger partial charge on any atom is 0.329 e. The molecule has 1 saturated heterocycles. The quantitative estimate of drug-likeness (QED) is 0.480. The fourth-order valence-electron chi connectivity index (χ4n) is 1.57. The van der Waals surface area contributed by atoms with Gasteiger partial charge < -0.3 is 30.5 Å². The highest BCUT2D eigenvalue weighted by molar-refractivity contribution is 5.86. The number of carbonyl (C=O) groups excluding carboxylic acids is 2. The number of rotatable bonds is 6. The van der Waals surface area contributed by atoms with Gasteiger partial charge in [0.2, 0.25) is 5.91 Å². The molecule has 1 unspecified atom stereocenters. The van der Waals surface area contributed by atoms with E-state index in [0.717, 1.165) is 0 Å². The second-order valence-electron chi connectivity index (χ2n) is 3.86. The van der Waals surface area contributed by atoms with Crippen LogP contribution < -0.4 is 11.1 Å². The van der Waals surface area contributed by atoms with Crippen LogP contribution in [0.2, 0.25) is 0 Å². The molecule has 0 aromatic carbocycles. The number of carbonyl (C=O) groups is 3. The van der Waals surface area contributed by atoms with Crippen LogP contribution in [0.4, 0.5) is 4.79 Å². The summed E-state index contributed by atoms with van der Waals surface area (Å²) in [6, 6.07) is -1.24. The number of urea groups is 1. The number of carboxylic acid groups (broad SMARTS) is 1.